The van der Waals surface area contributed by atoms with Gasteiger partial charge in [0.1, 0.15) is 11.6 Å². The third-order valence-corrected chi connectivity index (χ3v) is 2.33. The Bertz CT molecular complexity index is 568. The van der Waals surface area contributed by atoms with Crippen LogP contribution in [0.5, 0.6) is 5.75 Å². The van der Waals surface area contributed by atoms with E-state index in [4.69, 9.17) is 17.0 Å². The molecule has 2 rings (SSSR count). The SMILES string of the molecule is COc1ccc(F)cc1-c1ccnc(=S)[nH]1. The lowest BCUT2D eigenvalue weighted by Crippen LogP contribution is -1.92. The second-order valence-corrected chi connectivity index (χ2v) is 3.52. The van der Waals surface area contributed by atoms with Crippen molar-refractivity contribution in [2.75, 3.05) is 7.11 Å². The first kappa shape index (κ1) is 10.8. The van der Waals surface area contributed by atoms with Crippen LogP contribution in [-0.4, -0.2) is 17.1 Å². The lowest BCUT2D eigenvalue weighted by molar-refractivity contribution is 0.415. The highest BCUT2D eigenvalue weighted by Gasteiger charge is 2.07. The third-order valence-electron chi connectivity index (χ3n) is 2.13. The van der Waals surface area contributed by atoms with Crippen LogP contribution in [0.25, 0.3) is 11.3 Å². The maximum Gasteiger partial charge on any atom is 0.197 e. The number of rotatable bonds is 2. The number of halogens is 1. The zero-order valence-corrected chi connectivity index (χ0v) is 9.34. The molecule has 0 atom stereocenters. The largest absolute Gasteiger partial charge is 0.496 e. The van der Waals surface area contributed by atoms with Crippen LogP contribution in [0.3, 0.4) is 0 Å². The minimum absolute atomic E-state index is 0.327. The van der Waals surface area contributed by atoms with E-state index in [-0.39, 0.29) is 5.82 Å². The molecule has 82 valence electrons. The fraction of sp³-hybridized carbons (Fsp3) is 0.0909. The molecule has 0 saturated carbocycles. The number of aromatic nitrogens is 2. The van der Waals surface area contributed by atoms with Crippen LogP contribution in [0.4, 0.5) is 4.39 Å². The number of hydrogen-bond donors (Lipinski definition) is 1. The number of ether oxygens (including phenoxy) is 1. The number of methoxy groups -OCH3 is 1. The number of H-pyrrole nitrogens is 1. The summed E-state index contributed by atoms with van der Waals surface area (Å²) in [6, 6.07) is 6.02. The Labute approximate surface area is 96.9 Å². The van der Waals surface area contributed by atoms with Crippen LogP contribution >= 0.6 is 12.2 Å². The predicted molar refractivity (Wildman–Crippen MR) is 61.4 cm³/mol. The quantitative estimate of drug-likeness (QED) is 0.815. The van der Waals surface area contributed by atoms with Gasteiger partial charge in [-0.3, -0.25) is 0 Å². The fourth-order valence-corrected chi connectivity index (χ4v) is 1.59. The molecular weight excluding hydrogens is 227 g/mol. The lowest BCUT2D eigenvalue weighted by Gasteiger charge is -2.08. The molecule has 0 amide bonds. The maximum absolute atomic E-state index is 13.2. The van der Waals surface area contributed by atoms with Crippen molar-refractivity contribution in [1.82, 2.24) is 9.97 Å². The highest BCUT2D eigenvalue weighted by Crippen LogP contribution is 2.28. The number of hydrogen-bond acceptors (Lipinski definition) is 3. The van der Waals surface area contributed by atoms with Gasteiger partial charge in [0.05, 0.1) is 12.8 Å². The van der Waals surface area contributed by atoms with Crippen molar-refractivity contribution in [2.45, 2.75) is 0 Å². The highest BCUT2D eigenvalue weighted by atomic mass is 32.1. The predicted octanol–water partition coefficient (Wildman–Crippen LogP) is 2.95. The molecule has 2 aromatic rings. The first-order chi connectivity index (χ1) is 7.70. The Kier molecular flexibility index (Phi) is 2.96. The van der Waals surface area contributed by atoms with E-state index in [2.05, 4.69) is 9.97 Å². The van der Waals surface area contributed by atoms with E-state index >= 15 is 0 Å². The highest BCUT2D eigenvalue weighted by molar-refractivity contribution is 7.71. The standard InChI is InChI=1S/C11H9FN2OS/c1-15-10-3-2-7(12)6-8(10)9-4-5-13-11(16)14-9/h2-6H,1H3,(H,13,14,16). The second kappa shape index (κ2) is 4.40. The average Bonchev–Trinajstić information content (AvgIpc) is 2.29. The molecule has 0 fully saturated rings. The molecule has 1 aromatic heterocycles. The van der Waals surface area contributed by atoms with Crippen LogP contribution in [0, 0.1) is 10.6 Å². The molecule has 0 aliphatic carbocycles. The minimum Gasteiger partial charge on any atom is -0.496 e. The summed E-state index contributed by atoms with van der Waals surface area (Å²) < 4.78 is 18.7. The van der Waals surface area contributed by atoms with Crippen molar-refractivity contribution in [3.63, 3.8) is 0 Å². The van der Waals surface area contributed by atoms with Crippen molar-refractivity contribution >= 4 is 12.2 Å². The van der Waals surface area contributed by atoms with E-state index in [1.807, 2.05) is 0 Å². The van der Waals surface area contributed by atoms with Gasteiger partial charge in [-0.25, -0.2) is 9.37 Å². The summed E-state index contributed by atoms with van der Waals surface area (Å²) in [6.45, 7) is 0. The molecule has 1 heterocycles. The second-order valence-electron chi connectivity index (χ2n) is 3.13. The topological polar surface area (TPSA) is 37.9 Å². The maximum atomic E-state index is 13.2. The summed E-state index contributed by atoms with van der Waals surface area (Å²) in [5.41, 5.74) is 1.30. The summed E-state index contributed by atoms with van der Waals surface area (Å²) in [5.74, 6) is 0.255. The van der Waals surface area contributed by atoms with Gasteiger partial charge in [-0.15, -0.1) is 0 Å². The molecule has 1 N–H and O–H groups in total. The number of aromatic amines is 1. The van der Waals surface area contributed by atoms with Gasteiger partial charge in [-0.05, 0) is 36.5 Å². The van der Waals surface area contributed by atoms with Gasteiger partial charge < -0.3 is 9.72 Å². The Morgan fingerprint density at radius 1 is 1.38 bits per heavy atom. The molecule has 0 aliphatic heterocycles. The molecule has 3 nitrogen and oxygen atoms in total. The summed E-state index contributed by atoms with van der Waals surface area (Å²) in [7, 11) is 1.53. The Balaban J connectivity index is 2.62. The molecule has 16 heavy (non-hydrogen) atoms. The van der Waals surface area contributed by atoms with Crippen molar-refractivity contribution in [3.05, 3.63) is 41.1 Å². The Morgan fingerprint density at radius 2 is 2.19 bits per heavy atom. The molecule has 0 radical (unpaired) electrons. The first-order valence-electron chi connectivity index (χ1n) is 4.60. The van der Waals surface area contributed by atoms with Crippen LogP contribution in [0.1, 0.15) is 0 Å². The molecule has 0 aliphatic rings. The molecule has 0 bridgehead atoms. The summed E-state index contributed by atoms with van der Waals surface area (Å²) >= 11 is 4.91. The number of benzene rings is 1. The fourth-order valence-electron chi connectivity index (χ4n) is 1.42. The van der Waals surface area contributed by atoms with Gasteiger partial charge >= 0.3 is 0 Å². The van der Waals surface area contributed by atoms with Gasteiger partial charge in [-0.2, -0.15) is 0 Å². The van der Waals surface area contributed by atoms with Gasteiger partial charge in [0.25, 0.3) is 0 Å². The van der Waals surface area contributed by atoms with Crippen molar-refractivity contribution < 1.29 is 9.13 Å². The molecule has 1 aromatic carbocycles. The van der Waals surface area contributed by atoms with E-state index in [0.29, 0.717) is 21.8 Å². The van der Waals surface area contributed by atoms with E-state index in [0.717, 1.165) is 0 Å². The van der Waals surface area contributed by atoms with Crippen molar-refractivity contribution in [2.24, 2.45) is 0 Å². The van der Waals surface area contributed by atoms with Crippen LogP contribution < -0.4 is 4.74 Å². The molecule has 0 unspecified atom stereocenters. The zero-order valence-electron chi connectivity index (χ0n) is 8.53. The van der Waals surface area contributed by atoms with Crippen LogP contribution in [0.2, 0.25) is 0 Å². The average molecular weight is 236 g/mol. The summed E-state index contributed by atoms with van der Waals surface area (Å²) in [6.07, 6.45) is 1.57. The van der Waals surface area contributed by atoms with Gasteiger partial charge in [-0.1, -0.05) is 0 Å². The van der Waals surface area contributed by atoms with Crippen molar-refractivity contribution in [3.8, 4) is 17.0 Å². The number of nitrogens with zero attached hydrogens (tertiary/aromatic N) is 1. The molecular formula is C11H9FN2OS. The van der Waals surface area contributed by atoms with E-state index in [1.165, 1.54) is 19.2 Å². The summed E-state index contributed by atoms with van der Waals surface area (Å²) in [4.78, 5) is 6.75. The molecule has 0 saturated heterocycles. The smallest absolute Gasteiger partial charge is 0.197 e. The summed E-state index contributed by atoms with van der Waals surface area (Å²) in [5, 5.41) is 0. The third kappa shape index (κ3) is 2.09. The van der Waals surface area contributed by atoms with Crippen LogP contribution in [-0.2, 0) is 0 Å². The zero-order chi connectivity index (χ0) is 11.5. The molecule has 5 heteroatoms. The van der Waals surface area contributed by atoms with Gasteiger partial charge in [0.2, 0.25) is 0 Å². The Morgan fingerprint density at radius 3 is 2.88 bits per heavy atom. The van der Waals surface area contributed by atoms with E-state index < -0.39 is 0 Å². The van der Waals surface area contributed by atoms with Gasteiger partial charge in [0.15, 0.2) is 4.77 Å². The Hall–Kier alpha value is -1.75. The first-order valence-corrected chi connectivity index (χ1v) is 5.01. The minimum atomic E-state index is -0.327. The van der Waals surface area contributed by atoms with Crippen LogP contribution in [0.15, 0.2) is 30.5 Å². The monoisotopic (exact) mass is 236 g/mol. The van der Waals surface area contributed by atoms with Crippen molar-refractivity contribution in [1.29, 1.82) is 0 Å². The normalized spacial score (nSPS) is 10.1. The van der Waals surface area contributed by atoms with E-state index in [9.17, 15) is 4.39 Å². The van der Waals surface area contributed by atoms with Gasteiger partial charge in [0, 0.05) is 11.8 Å². The number of nitrogens with one attached hydrogen (secondary N) is 1. The lowest BCUT2D eigenvalue weighted by atomic mass is 10.1. The van der Waals surface area contributed by atoms with E-state index in [1.54, 1.807) is 18.3 Å². The molecule has 0 spiro atoms.